The van der Waals surface area contributed by atoms with Crippen molar-refractivity contribution in [3.63, 3.8) is 0 Å². The third kappa shape index (κ3) is 3.30. The molecule has 2 fully saturated rings. The first-order valence-corrected chi connectivity index (χ1v) is 8.37. The van der Waals surface area contributed by atoms with E-state index in [1.807, 2.05) is 5.38 Å². The lowest BCUT2D eigenvalue weighted by Crippen LogP contribution is -2.49. The van der Waals surface area contributed by atoms with Gasteiger partial charge in [-0.3, -0.25) is 0 Å². The molecule has 1 aromatic rings. The first kappa shape index (κ1) is 16.5. The SMILES string of the molecule is CC(NC(=O)N1CCC(O)(C(F)(F)F)C1)c1csc(C2CC2)n1. The first-order valence-electron chi connectivity index (χ1n) is 7.49. The van der Waals surface area contributed by atoms with Crippen molar-refractivity contribution in [1.29, 1.82) is 0 Å². The molecule has 0 aromatic carbocycles. The molecule has 1 aromatic heterocycles. The fourth-order valence-electron chi connectivity index (χ4n) is 2.57. The van der Waals surface area contributed by atoms with Gasteiger partial charge < -0.3 is 15.3 Å². The molecular weight excluding hydrogens is 331 g/mol. The van der Waals surface area contributed by atoms with E-state index in [0.717, 1.165) is 28.4 Å². The van der Waals surface area contributed by atoms with Crippen LogP contribution >= 0.6 is 11.3 Å². The van der Waals surface area contributed by atoms with E-state index in [0.29, 0.717) is 5.92 Å². The predicted octanol–water partition coefficient (Wildman–Crippen LogP) is 2.79. The van der Waals surface area contributed by atoms with Crippen LogP contribution in [-0.4, -0.2) is 45.9 Å². The normalized spacial score (nSPS) is 26.4. The van der Waals surface area contributed by atoms with Gasteiger partial charge in [0.15, 0.2) is 5.60 Å². The lowest BCUT2D eigenvalue weighted by atomic mass is 10.0. The van der Waals surface area contributed by atoms with E-state index in [4.69, 9.17) is 0 Å². The highest BCUT2D eigenvalue weighted by Crippen LogP contribution is 2.42. The summed E-state index contributed by atoms with van der Waals surface area (Å²) >= 11 is 1.55. The van der Waals surface area contributed by atoms with Gasteiger partial charge in [0.2, 0.25) is 0 Å². The minimum Gasteiger partial charge on any atom is -0.379 e. The topological polar surface area (TPSA) is 65.5 Å². The molecule has 0 radical (unpaired) electrons. The Hall–Kier alpha value is -1.35. The number of rotatable bonds is 3. The largest absolute Gasteiger partial charge is 0.419 e. The highest BCUT2D eigenvalue weighted by molar-refractivity contribution is 7.09. The van der Waals surface area contributed by atoms with Gasteiger partial charge in [0, 0.05) is 24.3 Å². The molecule has 2 heterocycles. The fourth-order valence-corrected chi connectivity index (χ4v) is 3.65. The van der Waals surface area contributed by atoms with Gasteiger partial charge >= 0.3 is 12.2 Å². The molecule has 1 aliphatic carbocycles. The zero-order valence-electron chi connectivity index (χ0n) is 12.6. The minimum atomic E-state index is -4.73. The summed E-state index contributed by atoms with van der Waals surface area (Å²) in [4.78, 5) is 17.6. The second-order valence-electron chi connectivity index (χ2n) is 6.26. The number of urea groups is 1. The molecule has 0 spiro atoms. The van der Waals surface area contributed by atoms with Gasteiger partial charge in [0.1, 0.15) is 0 Å². The van der Waals surface area contributed by atoms with Crippen LogP contribution in [0.15, 0.2) is 5.38 Å². The number of nitrogens with zero attached hydrogens (tertiary/aromatic N) is 2. The molecule has 1 saturated heterocycles. The number of thiazole rings is 1. The van der Waals surface area contributed by atoms with Gasteiger partial charge in [0.25, 0.3) is 0 Å². The second-order valence-corrected chi connectivity index (χ2v) is 7.15. The molecule has 23 heavy (non-hydrogen) atoms. The number of aromatic nitrogens is 1. The van der Waals surface area contributed by atoms with Crippen molar-refractivity contribution in [2.24, 2.45) is 0 Å². The number of alkyl halides is 3. The summed E-state index contributed by atoms with van der Waals surface area (Å²) in [6, 6.07) is -0.996. The quantitative estimate of drug-likeness (QED) is 0.882. The van der Waals surface area contributed by atoms with Crippen LogP contribution in [0.25, 0.3) is 0 Å². The van der Waals surface area contributed by atoms with Crippen LogP contribution in [0.2, 0.25) is 0 Å². The lowest BCUT2D eigenvalue weighted by molar-refractivity contribution is -0.253. The van der Waals surface area contributed by atoms with Gasteiger partial charge in [-0.15, -0.1) is 11.3 Å². The van der Waals surface area contributed by atoms with Crippen molar-refractivity contribution in [3.05, 3.63) is 16.1 Å². The Morgan fingerprint density at radius 2 is 2.26 bits per heavy atom. The number of aliphatic hydroxyl groups is 1. The molecule has 1 saturated carbocycles. The number of likely N-dealkylation sites (tertiary alicyclic amines) is 1. The predicted molar refractivity (Wildman–Crippen MR) is 78.2 cm³/mol. The zero-order valence-corrected chi connectivity index (χ0v) is 13.4. The van der Waals surface area contributed by atoms with E-state index in [-0.39, 0.29) is 12.6 Å². The maximum atomic E-state index is 12.8. The van der Waals surface area contributed by atoms with Crippen molar-refractivity contribution >= 4 is 17.4 Å². The number of carbonyl (C=O) groups is 1. The fraction of sp³-hybridized carbons (Fsp3) is 0.714. The Balaban J connectivity index is 1.58. The third-order valence-electron chi connectivity index (χ3n) is 4.31. The molecule has 2 aliphatic rings. The van der Waals surface area contributed by atoms with E-state index in [2.05, 4.69) is 10.3 Å². The first-order chi connectivity index (χ1) is 10.7. The number of amides is 2. The Morgan fingerprint density at radius 1 is 1.57 bits per heavy atom. The number of hydrogen-bond acceptors (Lipinski definition) is 4. The van der Waals surface area contributed by atoms with Crippen LogP contribution in [0.4, 0.5) is 18.0 Å². The molecule has 3 rings (SSSR count). The average molecular weight is 349 g/mol. The summed E-state index contributed by atoms with van der Waals surface area (Å²) in [6.45, 7) is 0.883. The molecular formula is C14H18F3N3O2S. The van der Waals surface area contributed by atoms with Gasteiger partial charge in [-0.2, -0.15) is 13.2 Å². The van der Waals surface area contributed by atoms with Crippen LogP contribution in [0.3, 0.4) is 0 Å². The van der Waals surface area contributed by atoms with Crippen molar-refractivity contribution in [1.82, 2.24) is 15.2 Å². The van der Waals surface area contributed by atoms with E-state index in [9.17, 15) is 23.1 Å². The summed E-state index contributed by atoms with van der Waals surface area (Å²) < 4.78 is 38.3. The Bertz CT molecular complexity index is 602. The molecule has 9 heteroatoms. The lowest BCUT2D eigenvalue weighted by Gasteiger charge is -2.26. The summed E-state index contributed by atoms with van der Waals surface area (Å²) in [6.07, 6.45) is -2.96. The van der Waals surface area contributed by atoms with Crippen LogP contribution in [0.5, 0.6) is 0 Å². The Labute approximate surface area is 135 Å². The Morgan fingerprint density at radius 3 is 2.83 bits per heavy atom. The maximum Gasteiger partial charge on any atom is 0.419 e. The van der Waals surface area contributed by atoms with Crippen molar-refractivity contribution < 1.29 is 23.1 Å². The van der Waals surface area contributed by atoms with E-state index < -0.39 is 30.8 Å². The molecule has 2 amide bonds. The van der Waals surface area contributed by atoms with Gasteiger partial charge in [-0.25, -0.2) is 9.78 Å². The molecule has 2 N–H and O–H groups in total. The highest BCUT2D eigenvalue weighted by atomic mass is 32.1. The van der Waals surface area contributed by atoms with Crippen molar-refractivity contribution in [2.75, 3.05) is 13.1 Å². The van der Waals surface area contributed by atoms with Crippen LogP contribution < -0.4 is 5.32 Å². The molecule has 2 unspecified atom stereocenters. The smallest absolute Gasteiger partial charge is 0.379 e. The van der Waals surface area contributed by atoms with Gasteiger partial charge in [-0.1, -0.05) is 0 Å². The van der Waals surface area contributed by atoms with Crippen molar-refractivity contribution in [2.45, 2.75) is 49.9 Å². The molecule has 0 bridgehead atoms. The number of hydrogen-bond donors (Lipinski definition) is 2. The molecule has 128 valence electrons. The number of halogens is 3. The van der Waals surface area contributed by atoms with Gasteiger partial charge in [-0.05, 0) is 19.8 Å². The van der Waals surface area contributed by atoms with Crippen LogP contribution in [0, 0.1) is 0 Å². The van der Waals surface area contributed by atoms with Crippen molar-refractivity contribution in [3.8, 4) is 0 Å². The Kier molecular flexibility index (Phi) is 4.04. The van der Waals surface area contributed by atoms with Crippen LogP contribution in [-0.2, 0) is 0 Å². The third-order valence-corrected chi connectivity index (χ3v) is 5.34. The summed E-state index contributed by atoms with van der Waals surface area (Å²) in [7, 11) is 0. The second kappa shape index (κ2) is 5.62. The summed E-state index contributed by atoms with van der Waals surface area (Å²) in [5.74, 6) is 0.525. The summed E-state index contributed by atoms with van der Waals surface area (Å²) in [5, 5.41) is 15.2. The zero-order chi connectivity index (χ0) is 16.8. The molecule has 2 atom stereocenters. The number of β-amino-alcohol motifs (C(OH)–C–C–N with tert-alkyl or cyclic N) is 1. The van der Waals surface area contributed by atoms with Crippen LogP contribution in [0.1, 0.15) is 48.8 Å². The average Bonchev–Trinajstić information content (AvgIpc) is 3.03. The number of carbonyl (C=O) groups excluding carboxylic acids is 1. The molecule has 1 aliphatic heterocycles. The van der Waals surface area contributed by atoms with E-state index in [1.165, 1.54) is 0 Å². The minimum absolute atomic E-state index is 0.126. The van der Waals surface area contributed by atoms with Gasteiger partial charge in [0.05, 0.1) is 23.3 Å². The standard InChI is InChI=1S/C14H18F3N3O2S/c1-8(10-6-23-11(19-10)9-2-3-9)18-12(21)20-5-4-13(22,7-20)14(15,16)17/h6,8-9,22H,2-5,7H2,1H3,(H,18,21). The van der Waals surface area contributed by atoms with E-state index >= 15 is 0 Å². The highest BCUT2D eigenvalue weighted by Gasteiger charge is 2.57. The maximum absolute atomic E-state index is 12.8. The molecule has 5 nitrogen and oxygen atoms in total. The van der Waals surface area contributed by atoms with E-state index in [1.54, 1.807) is 18.3 Å². The number of nitrogens with one attached hydrogen (secondary N) is 1. The monoisotopic (exact) mass is 349 g/mol. The summed E-state index contributed by atoms with van der Waals surface area (Å²) in [5.41, 5.74) is -2.09.